The van der Waals surface area contributed by atoms with Crippen molar-refractivity contribution in [3.8, 4) is 23.0 Å². The molecule has 0 spiro atoms. The van der Waals surface area contributed by atoms with Gasteiger partial charge in [-0.15, -0.1) is 6.22 Å². The van der Waals surface area contributed by atoms with E-state index in [1.165, 1.54) is 14.2 Å². The van der Waals surface area contributed by atoms with Gasteiger partial charge in [-0.1, -0.05) is 18.2 Å². The largest absolute Gasteiger partial charge is 0.493 e. The zero-order valence-corrected chi connectivity index (χ0v) is 21.3. The van der Waals surface area contributed by atoms with Crippen molar-refractivity contribution in [3.63, 3.8) is 0 Å². The Morgan fingerprint density at radius 1 is 0.868 bits per heavy atom. The van der Waals surface area contributed by atoms with Crippen molar-refractivity contribution in [3.05, 3.63) is 78.4 Å². The first-order chi connectivity index (χ1) is 18.7. The number of benzene rings is 3. The highest BCUT2D eigenvalue weighted by Crippen LogP contribution is 2.28. The molecule has 0 aromatic heterocycles. The molecule has 0 N–H and O–H groups in total. The van der Waals surface area contributed by atoms with Crippen LogP contribution in [0.5, 0.6) is 23.0 Å². The molecule has 0 amide bonds. The summed E-state index contributed by atoms with van der Waals surface area (Å²) in [7, 11) is 23.2. The fourth-order valence-electron chi connectivity index (χ4n) is 3.16. The molecule has 0 atom stereocenters. The van der Waals surface area contributed by atoms with Gasteiger partial charge in [-0.25, -0.2) is 0 Å². The summed E-state index contributed by atoms with van der Waals surface area (Å²) in [5.74, 6) is 1.97. The summed E-state index contributed by atoms with van der Waals surface area (Å²) < 4.78 is 16.7. The van der Waals surface area contributed by atoms with Crippen LogP contribution in [-0.2, 0) is 4.79 Å². The summed E-state index contributed by atoms with van der Waals surface area (Å²) in [6.07, 6.45) is 2.56. The Bertz CT molecular complexity index is 1140. The Morgan fingerprint density at radius 3 is 2.32 bits per heavy atom. The molecule has 0 aliphatic carbocycles. The summed E-state index contributed by atoms with van der Waals surface area (Å²) >= 11 is 0. The zero-order chi connectivity index (χ0) is 26.8. The highest BCUT2D eigenvalue weighted by molar-refractivity contribution is 7.67. The Morgan fingerprint density at radius 2 is 1.58 bits per heavy atom. The van der Waals surface area contributed by atoms with E-state index in [0.717, 1.165) is 22.7 Å². The molecule has 0 unspecified atom stereocenters. The van der Waals surface area contributed by atoms with Gasteiger partial charge in [0.25, 0.3) is 0 Å². The molecule has 171 valence electrons. The van der Waals surface area contributed by atoms with Crippen LogP contribution >= 0.6 is 0 Å². The number of ether oxygens (including phenoxy) is 3. The van der Waals surface area contributed by atoms with Crippen LogP contribution < -0.4 is 14.2 Å². The smallest absolute Gasteiger partial charge is 0.303 e. The van der Waals surface area contributed by atoms with Gasteiger partial charge in [-0.05, 0) is 60.2 Å². The molecule has 0 heterocycles. The fraction of sp³-hybridized carbons (Fsp3) is 0.130. The lowest BCUT2D eigenvalue weighted by atomic mass is 8.90. The van der Waals surface area contributed by atoms with Gasteiger partial charge in [-0.3, -0.25) is 9.79 Å². The SMILES string of the molecule is [B][B][B][B][B][B][B][B][B]C[B]CC(=O)Oc1ccc(C=Nc2ccc(Oc3ccccc3)cc2)cc1OC. The normalized spacial score (nSPS) is 10.0. The number of hydrogen-bond acceptors (Lipinski definition) is 5. The van der Waals surface area contributed by atoms with Crippen LogP contribution in [-0.4, -0.2) is 90.9 Å². The highest BCUT2D eigenvalue weighted by atomic mass is 16.6. The van der Waals surface area contributed by atoms with E-state index in [1.807, 2.05) is 110 Å². The lowest BCUT2D eigenvalue weighted by Gasteiger charge is -2.10. The van der Waals surface area contributed by atoms with Gasteiger partial charge in [0, 0.05) is 76.9 Å². The minimum Gasteiger partial charge on any atom is -0.493 e. The van der Waals surface area contributed by atoms with Crippen LogP contribution in [0.1, 0.15) is 5.56 Å². The monoisotopic (exact) mass is 484 g/mol. The predicted molar refractivity (Wildman–Crippen MR) is 166 cm³/mol. The Hall–Kier alpha value is -2.95. The third kappa shape index (κ3) is 11.2. The molecule has 0 aliphatic heterocycles. The van der Waals surface area contributed by atoms with Gasteiger partial charge in [0.05, 0.1) is 12.8 Å². The highest BCUT2D eigenvalue weighted by Gasteiger charge is 2.11. The van der Waals surface area contributed by atoms with Gasteiger partial charge in [0.2, 0.25) is 0 Å². The van der Waals surface area contributed by atoms with Gasteiger partial charge in [-0.2, -0.15) is 0 Å². The number of esters is 1. The minimum absolute atomic E-state index is 0.186. The molecule has 3 aromatic carbocycles. The summed E-state index contributed by atoms with van der Waals surface area (Å²) in [5, 5.41) is 0. The second-order valence-electron chi connectivity index (χ2n) is 7.86. The first-order valence-electron chi connectivity index (χ1n) is 12.1. The molecule has 38 heavy (non-hydrogen) atoms. The number of para-hydroxylation sites is 1. The van der Waals surface area contributed by atoms with Crippen LogP contribution in [0, 0.1) is 0 Å². The van der Waals surface area contributed by atoms with E-state index in [1.54, 1.807) is 25.4 Å². The Labute approximate surface area is 234 Å². The molecular formula is C23H20B10NO4. The van der Waals surface area contributed by atoms with Gasteiger partial charge >= 0.3 is 5.97 Å². The van der Waals surface area contributed by atoms with Crippen LogP contribution in [0.3, 0.4) is 0 Å². The number of carbonyl (C=O) groups is 1. The average molecular weight is 483 g/mol. The van der Waals surface area contributed by atoms with Crippen molar-refractivity contribution in [2.45, 2.75) is 12.5 Å². The third-order valence-electron chi connectivity index (χ3n) is 5.01. The van der Waals surface area contributed by atoms with Crippen LogP contribution in [0.25, 0.3) is 0 Å². The van der Waals surface area contributed by atoms with Crippen molar-refractivity contribution >= 4 is 89.5 Å². The van der Waals surface area contributed by atoms with Crippen molar-refractivity contribution in [2.75, 3.05) is 7.11 Å². The first kappa shape index (κ1) is 29.6. The number of carbonyl (C=O) groups excluding carboxylic acids is 1. The predicted octanol–water partition coefficient (Wildman–Crippen LogP) is 1.76. The van der Waals surface area contributed by atoms with E-state index in [0.29, 0.717) is 17.7 Å². The van der Waals surface area contributed by atoms with Crippen molar-refractivity contribution in [1.82, 2.24) is 0 Å². The standard InChI is InChI=1S/C23H20B10NO4/c1-36-22-13-17(15-34-18-8-10-20(11-9-18)37-19-5-3-2-4-6-19)7-12-21(22)38-23(35)14-25-16-26-28-30-32-33-31-29-27-24/h2-13,15H,14,16H2,1H3. The molecule has 3 rings (SSSR count). The number of methoxy groups -OCH3 is 1. The van der Waals surface area contributed by atoms with E-state index in [9.17, 15) is 4.79 Å². The van der Waals surface area contributed by atoms with Crippen molar-refractivity contribution in [2.24, 2.45) is 4.99 Å². The van der Waals surface area contributed by atoms with Crippen LogP contribution in [0.4, 0.5) is 5.69 Å². The third-order valence-corrected chi connectivity index (χ3v) is 5.01. The Balaban J connectivity index is 1.41. The van der Waals surface area contributed by atoms with Crippen molar-refractivity contribution < 1.29 is 19.0 Å². The van der Waals surface area contributed by atoms with E-state index < -0.39 is 0 Å². The second-order valence-corrected chi connectivity index (χ2v) is 7.86. The van der Waals surface area contributed by atoms with E-state index in [-0.39, 0.29) is 12.3 Å². The first-order valence-corrected chi connectivity index (χ1v) is 12.1. The van der Waals surface area contributed by atoms with Crippen LogP contribution in [0.2, 0.25) is 12.5 Å². The quantitative estimate of drug-likeness (QED) is 0.0968. The molecule has 11 radical (unpaired) electrons. The molecular weight excluding hydrogens is 462 g/mol. The number of nitrogens with zero attached hydrogens (tertiary/aromatic N) is 1. The number of rotatable bonds is 17. The Kier molecular flexibility index (Phi) is 13.7. The minimum atomic E-state index is -0.358. The average Bonchev–Trinajstić information content (AvgIpc) is 2.95. The molecule has 15 heteroatoms. The second kappa shape index (κ2) is 17.5. The maximum Gasteiger partial charge on any atom is 0.303 e. The number of aliphatic imine (C=N–C) groups is 1. The molecule has 0 saturated carbocycles. The van der Waals surface area contributed by atoms with Gasteiger partial charge < -0.3 is 14.2 Å². The molecule has 0 aliphatic rings. The van der Waals surface area contributed by atoms with Crippen LogP contribution in [0.15, 0.2) is 77.8 Å². The molecule has 3 aromatic rings. The molecule has 0 bridgehead atoms. The summed E-state index contributed by atoms with van der Waals surface area (Å²) in [6, 6.07) is 22.4. The van der Waals surface area contributed by atoms with Crippen molar-refractivity contribution in [1.29, 1.82) is 0 Å². The number of hydrogen-bond donors (Lipinski definition) is 0. The maximum atomic E-state index is 12.2. The summed E-state index contributed by atoms with van der Waals surface area (Å²) in [6.45, 7) is 0. The molecule has 5 nitrogen and oxygen atoms in total. The molecule has 0 fully saturated rings. The summed E-state index contributed by atoms with van der Waals surface area (Å²) in [5.41, 5.74) is 1.59. The lowest BCUT2D eigenvalue weighted by Crippen LogP contribution is -2.30. The maximum absolute atomic E-state index is 12.2. The topological polar surface area (TPSA) is 57.1 Å². The summed E-state index contributed by atoms with van der Waals surface area (Å²) in [4.78, 5) is 16.8. The zero-order valence-electron chi connectivity index (χ0n) is 21.3. The van der Waals surface area contributed by atoms with Gasteiger partial charge in [0.15, 0.2) is 11.5 Å². The van der Waals surface area contributed by atoms with E-state index >= 15 is 0 Å². The molecule has 0 saturated heterocycles. The van der Waals surface area contributed by atoms with E-state index in [2.05, 4.69) is 4.99 Å². The van der Waals surface area contributed by atoms with Gasteiger partial charge in [0.1, 0.15) is 18.8 Å². The lowest BCUT2D eigenvalue weighted by molar-refractivity contribution is -0.131. The fourth-order valence-corrected chi connectivity index (χ4v) is 3.16. The van der Waals surface area contributed by atoms with E-state index in [4.69, 9.17) is 21.9 Å².